The average molecular weight is 264 g/mol. The summed E-state index contributed by atoms with van der Waals surface area (Å²) in [7, 11) is 0. The van der Waals surface area contributed by atoms with Crippen molar-refractivity contribution in [3.8, 4) is 11.1 Å². The summed E-state index contributed by atoms with van der Waals surface area (Å²) in [4.78, 5) is 11.1. The summed E-state index contributed by atoms with van der Waals surface area (Å²) in [5, 5.41) is 0. The molecule has 0 saturated carbocycles. The highest BCUT2D eigenvalue weighted by atomic mass is 16.1. The Morgan fingerprint density at radius 1 is 0.900 bits per heavy atom. The van der Waals surface area contributed by atoms with Crippen LogP contribution in [0.25, 0.3) is 11.1 Å². The molecule has 1 nitrogen and oxygen atoms in total. The quantitative estimate of drug-likeness (QED) is 0.804. The highest BCUT2D eigenvalue weighted by Crippen LogP contribution is 2.27. The number of rotatable bonds is 3. The molecule has 0 aromatic heterocycles. The van der Waals surface area contributed by atoms with Gasteiger partial charge in [0.15, 0.2) is 0 Å². The van der Waals surface area contributed by atoms with E-state index in [1.54, 1.807) is 6.92 Å². The molecule has 1 aliphatic rings. The maximum atomic E-state index is 11.1. The summed E-state index contributed by atoms with van der Waals surface area (Å²) >= 11 is 0. The summed E-state index contributed by atoms with van der Waals surface area (Å²) in [5.74, 6) is 0.214. The van der Waals surface area contributed by atoms with Crippen molar-refractivity contribution in [3.63, 3.8) is 0 Å². The SMILES string of the molecule is CC(=O)Cc1ccc(-c2ccc3c(c2)CCCC3)cc1. The Morgan fingerprint density at radius 3 is 2.25 bits per heavy atom. The van der Waals surface area contributed by atoms with Crippen molar-refractivity contribution >= 4 is 5.78 Å². The predicted octanol–water partition coefficient (Wildman–Crippen LogP) is 4.36. The molecule has 2 aromatic carbocycles. The number of benzene rings is 2. The lowest BCUT2D eigenvalue weighted by molar-refractivity contribution is -0.116. The molecular formula is C19H20O. The van der Waals surface area contributed by atoms with Gasteiger partial charge < -0.3 is 0 Å². The van der Waals surface area contributed by atoms with E-state index in [0.717, 1.165) is 5.56 Å². The largest absolute Gasteiger partial charge is 0.300 e. The van der Waals surface area contributed by atoms with Crippen molar-refractivity contribution in [2.45, 2.75) is 39.0 Å². The van der Waals surface area contributed by atoms with Crippen molar-refractivity contribution in [3.05, 3.63) is 59.2 Å². The Balaban J connectivity index is 1.87. The maximum Gasteiger partial charge on any atom is 0.134 e. The van der Waals surface area contributed by atoms with Crippen LogP contribution in [0.15, 0.2) is 42.5 Å². The minimum atomic E-state index is 0.214. The molecule has 1 heteroatoms. The van der Waals surface area contributed by atoms with Gasteiger partial charge in [0.1, 0.15) is 5.78 Å². The molecule has 0 fully saturated rings. The molecule has 0 atom stereocenters. The fraction of sp³-hybridized carbons (Fsp3) is 0.316. The van der Waals surface area contributed by atoms with E-state index in [9.17, 15) is 4.79 Å². The first kappa shape index (κ1) is 13.1. The fourth-order valence-corrected chi connectivity index (χ4v) is 3.02. The van der Waals surface area contributed by atoms with Crippen molar-refractivity contribution in [2.75, 3.05) is 0 Å². The second-order valence-electron chi connectivity index (χ2n) is 5.77. The Labute approximate surface area is 120 Å². The van der Waals surface area contributed by atoms with Crippen molar-refractivity contribution in [1.29, 1.82) is 0 Å². The Kier molecular flexibility index (Phi) is 3.68. The molecule has 0 saturated heterocycles. The topological polar surface area (TPSA) is 17.1 Å². The number of ketones is 1. The summed E-state index contributed by atoms with van der Waals surface area (Å²) in [6, 6.07) is 15.2. The van der Waals surface area contributed by atoms with Crippen LogP contribution in [-0.4, -0.2) is 5.78 Å². The van der Waals surface area contributed by atoms with Crippen LogP contribution < -0.4 is 0 Å². The van der Waals surface area contributed by atoms with Gasteiger partial charge in [0.25, 0.3) is 0 Å². The van der Waals surface area contributed by atoms with Gasteiger partial charge in [-0.2, -0.15) is 0 Å². The van der Waals surface area contributed by atoms with Crippen molar-refractivity contribution < 1.29 is 4.79 Å². The molecule has 0 unspecified atom stereocenters. The molecule has 3 rings (SSSR count). The molecule has 0 spiro atoms. The van der Waals surface area contributed by atoms with Gasteiger partial charge >= 0.3 is 0 Å². The lowest BCUT2D eigenvalue weighted by atomic mass is 9.89. The molecule has 0 aliphatic heterocycles. The van der Waals surface area contributed by atoms with Crippen LogP contribution in [-0.2, 0) is 24.1 Å². The van der Waals surface area contributed by atoms with Gasteiger partial charge in [-0.3, -0.25) is 4.79 Å². The van der Waals surface area contributed by atoms with E-state index in [0.29, 0.717) is 6.42 Å². The van der Waals surface area contributed by atoms with Gasteiger partial charge in [-0.15, -0.1) is 0 Å². The second-order valence-corrected chi connectivity index (χ2v) is 5.77. The van der Waals surface area contributed by atoms with Gasteiger partial charge in [-0.25, -0.2) is 0 Å². The van der Waals surface area contributed by atoms with Crippen molar-refractivity contribution in [2.24, 2.45) is 0 Å². The summed E-state index contributed by atoms with van der Waals surface area (Å²) < 4.78 is 0. The highest BCUT2D eigenvalue weighted by molar-refractivity contribution is 5.78. The third-order valence-corrected chi connectivity index (χ3v) is 4.09. The normalized spacial score (nSPS) is 13.8. The summed E-state index contributed by atoms with van der Waals surface area (Å²) in [6.45, 7) is 1.64. The van der Waals surface area contributed by atoms with E-state index < -0.39 is 0 Å². The zero-order valence-corrected chi connectivity index (χ0v) is 12.0. The standard InChI is InChI=1S/C19H20O/c1-14(20)12-15-6-8-17(9-7-15)19-11-10-16-4-2-3-5-18(16)13-19/h6-11,13H,2-5,12H2,1H3. The number of aryl methyl sites for hydroxylation is 2. The molecule has 2 aromatic rings. The summed E-state index contributed by atoms with van der Waals surface area (Å²) in [5.41, 5.74) is 6.67. The van der Waals surface area contributed by atoms with E-state index in [4.69, 9.17) is 0 Å². The van der Waals surface area contributed by atoms with Crippen LogP contribution in [0.3, 0.4) is 0 Å². The third kappa shape index (κ3) is 2.82. The van der Waals surface area contributed by atoms with E-state index in [-0.39, 0.29) is 5.78 Å². The number of carbonyl (C=O) groups is 1. The van der Waals surface area contributed by atoms with Crippen LogP contribution in [0.5, 0.6) is 0 Å². The fourth-order valence-electron chi connectivity index (χ4n) is 3.02. The van der Waals surface area contributed by atoms with Gasteiger partial charge in [0.2, 0.25) is 0 Å². The Hall–Kier alpha value is -1.89. The molecule has 0 amide bonds. The van der Waals surface area contributed by atoms with Gasteiger partial charge in [-0.1, -0.05) is 42.5 Å². The number of Topliss-reactive ketones (excluding diaryl/α,β-unsaturated/α-hetero) is 1. The zero-order valence-electron chi connectivity index (χ0n) is 12.0. The highest BCUT2D eigenvalue weighted by Gasteiger charge is 2.10. The first-order valence-corrected chi connectivity index (χ1v) is 7.43. The number of hydrogen-bond acceptors (Lipinski definition) is 1. The molecule has 102 valence electrons. The lowest BCUT2D eigenvalue weighted by Crippen LogP contribution is -2.02. The molecule has 0 bridgehead atoms. The Bertz CT molecular complexity index is 623. The third-order valence-electron chi connectivity index (χ3n) is 4.09. The van der Waals surface area contributed by atoms with E-state index in [1.165, 1.54) is 47.9 Å². The zero-order chi connectivity index (χ0) is 13.9. The minimum absolute atomic E-state index is 0.214. The van der Waals surface area contributed by atoms with E-state index in [1.807, 2.05) is 0 Å². The Morgan fingerprint density at radius 2 is 1.55 bits per heavy atom. The van der Waals surface area contributed by atoms with Gasteiger partial charge in [0.05, 0.1) is 0 Å². The second kappa shape index (κ2) is 5.62. The van der Waals surface area contributed by atoms with Crippen LogP contribution in [0.2, 0.25) is 0 Å². The smallest absolute Gasteiger partial charge is 0.134 e. The molecule has 0 heterocycles. The van der Waals surface area contributed by atoms with E-state index >= 15 is 0 Å². The van der Waals surface area contributed by atoms with Crippen LogP contribution in [0.4, 0.5) is 0 Å². The molecule has 0 N–H and O–H groups in total. The number of fused-ring (bicyclic) bond motifs is 1. The first-order chi connectivity index (χ1) is 9.72. The monoisotopic (exact) mass is 264 g/mol. The van der Waals surface area contributed by atoms with Crippen LogP contribution >= 0.6 is 0 Å². The maximum absolute atomic E-state index is 11.1. The van der Waals surface area contributed by atoms with E-state index in [2.05, 4.69) is 42.5 Å². The van der Waals surface area contributed by atoms with Crippen molar-refractivity contribution in [1.82, 2.24) is 0 Å². The predicted molar refractivity (Wildman–Crippen MR) is 82.9 cm³/mol. The summed E-state index contributed by atoms with van der Waals surface area (Å²) in [6.07, 6.45) is 5.61. The van der Waals surface area contributed by atoms with Gasteiger partial charge in [0, 0.05) is 6.42 Å². The lowest BCUT2D eigenvalue weighted by Gasteiger charge is -2.16. The minimum Gasteiger partial charge on any atom is -0.300 e. The molecule has 20 heavy (non-hydrogen) atoms. The molecule has 0 radical (unpaired) electrons. The van der Waals surface area contributed by atoms with Crippen LogP contribution in [0.1, 0.15) is 36.5 Å². The number of hydrogen-bond donors (Lipinski definition) is 0. The first-order valence-electron chi connectivity index (χ1n) is 7.43. The van der Waals surface area contributed by atoms with Crippen LogP contribution in [0, 0.1) is 0 Å². The average Bonchev–Trinajstić information content (AvgIpc) is 2.47. The van der Waals surface area contributed by atoms with Gasteiger partial charge in [-0.05, 0) is 60.4 Å². The molecule has 1 aliphatic carbocycles. The molecular weight excluding hydrogens is 244 g/mol. The number of carbonyl (C=O) groups excluding carboxylic acids is 1.